The Morgan fingerprint density at radius 2 is 2.00 bits per heavy atom. The van der Waals surface area contributed by atoms with Crippen molar-refractivity contribution in [2.45, 2.75) is 27.2 Å². The van der Waals surface area contributed by atoms with Gasteiger partial charge in [-0.05, 0) is 62.2 Å². The maximum absolute atomic E-state index is 12.3. The number of benzene rings is 2. The Labute approximate surface area is 182 Å². The van der Waals surface area contributed by atoms with Gasteiger partial charge in [0.05, 0.1) is 12.3 Å². The third-order valence-corrected chi connectivity index (χ3v) is 4.68. The molecule has 0 atom stereocenters. The van der Waals surface area contributed by atoms with Crippen LogP contribution in [0.2, 0.25) is 0 Å². The minimum absolute atomic E-state index is 0.0373. The zero-order valence-corrected chi connectivity index (χ0v) is 18.1. The molecule has 0 aliphatic rings. The zero-order chi connectivity index (χ0) is 22.2. The second-order valence-electron chi connectivity index (χ2n) is 7.07. The number of para-hydroxylation sites is 1. The summed E-state index contributed by atoms with van der Waals surface area (Å²) in [6.45, 7) is 6.99. The smallest absolute Gasteiger partial charge is 0.261 e. The molecule has 1 amide bonds. The Balaban J connectivity index is 2.10. The lowest BCUT2D eigenvalue weighted by atomic mass is 10.0. The monoisotopic (exact) mass is 414 g/mol. The Morgan fingerprint density at radius 3 is 2.65 bits per heavy atom. The first-order valence-electron chi connectivity index (χ1n) is 10.4. The summed E-state index contributed by atoms with van der Waals surface area (Å²) in [5.41, 5.74) is 4.18. The summed E-state index contributed by atoms with van der Waals surface area (Å²) in [5, 5.41) is 17.0. The van der Waals surface area contributed by atoms with E-state index in [-0.39, 0.29) is 5.57 Å². The van der Waals surface area contributed by atoms with Crippen LogP contribution in [0.4, 0.5) is 0 Å². The topological polar surface area (TPSA) is 79.9 Å². The molecule has 0 radical (unpaired) electrons. The van der Waals surface area contributed by atoms with Gasteiger partial charge >= 0.3 is 0 Å². The molecule has 31 heavy (non-hydrogen) atoms. The number of aryl methyl sites for hydroxylation is 1. The molecule has 158 valence electrons. The highest BCUT2D eigenvalue weighted by Gasteiger charge is 2.15. The van der Waals surface area contributed by atoms with E-state index in [4.69, 9.17) is 9.84 Å². The van der Waals surface area contributed by atoms with E-state index in [1.807, 2.05) is 74.6 Å². The predicted molar refractivity (Wildman–Crippen MR) is 122 cm³/mol. The van der Waals surface area contributed by atoms with E-state index in [0.717, 1.165) is 29.0 Å². The minimum atomic E-state index is -0.400. The molecule has 0 saturated heterocycles. The summed E-state index contributed by atoms with van der Waals surface area (Å²) in [6, 6.07) is 17.6. The van der Waals surface area contributed by atoms with Crippen LogP contribution in [0.3, 0.4) is 0 Å². The molecule has 3 aromatic rings. The van der Waals surface area contributed by atoms with E-state index in [9.17, 15) is 10.1 Å². The van der Waals surface area contributed by atoms with Gasteiger partial charge in [0.25, 0.3) is 5.91 Å². The fraction of sp³-hybridized carbons (Fsp3) is 0.240. The van der Waals surface area contributed by atoms with E-state index >= 15 is 0 Å². The Morgan fingerprint density at radius 1 is 1.23 bits per heavy atom. The maximum atomic E-state index is 12.3. The molecule has 0 unspecified atom stereocenters. The minimum Gasteiger partial charge on any atom is -0.493 e. The molecule has 0 bridgehead atoms. The van der Waals surface area contributed by atoms with Gasteiger partial charge in [0.1, 0.15) is 23.1 Å². The van der Waals surface area contributed by atoms with Crippen LogP contribution in [0.15, 0.2) is 60.3 Å². The molecular weight excluding hydrogens is 388 g/mol. The van der Waals surface area contributed by atoms with Crippen LogP contribution < -0.4 is 10.1 Å². The summed E-state index contributed by atoms with van der Waals surface area (Å²) in [4.78, 5) is 12.3. The van der Waals surface area contributed by atoms with Crippen LogP contribution in [0.1, 0.15) is 31.4 Å². The molecule has 1 heterocycles. The van der Waals surface area contributed by atoms with Gasteiger partial charge < -0.3 is 10.1 Å². The van der Waals surface area contributed by atoms with Gasteiger partial charge in [0, 0.05) is 23.9 Å². The SMILES string of the molecule is CCCOc1ccc(-c2nn(-c3ccccc3)cc2/C=C(\C#N)C(=O)NCC)cc1C. The second-order valence-corrected chi connectivity index (χ2v) is 7.07. The van der Waals surface area contributed by atoms with Crippen LogP contribution >= 0.6 is 0 Å². The lowest BCUT2D eigenvalue weighted by Gasteiger charge is -2.09. The lowest BCUT2D eigenvalue weighted by molar-refractivity contribution is -0.116. The van der Waals surface area contributed by atoms with Gasteiger partial charge in [-0.3, -0.25) is 4.79 Å². The summed E-state index contributed by atoms with van der Waals surface area (Å²) in [5.74, 6) is 0.438. The first-order valence-corrected chi connectivity index (χ1v) is 10.4. The molecule has 0 saturated carbocycles. The van der Waals surface area contributed by atoms with Crippen molar-refractivity contribution in [1.82, 2.24) is 15.1 Å². The third-order valence-electron chi connectivity index (χ3n) is 4.68. The summed E-state index contributed by atoms with van der Waals surface area (Å²) in [6.07, 6.45) is 4.36. The highest BCUT2D eigenvalue weighted by Crippen LogP contribution is 2.30. The zero-order valence-electron chi connectivity index (χ0n) is 18.1. The second kappa shape index (κ2) is 10.3. The van der Waals surface area contributed by atoms with Crippen LogP contribution in [-0.2, 0) is 4.79 Å². The van der Waals surface area contributed by atoms with Crippen molar-refractivity contribution in [2.75, 3.05) is 13.2 Å². The van der Waals surface area contributed by atoms with Gasteiger partial charge in [-0.15, -0.1) is 0 Å². The number of nitriles is 1. The van der Waals surface area contributed by atoms with Gasteiger partial charge in [0.2, 0.25) is 0 Å². The number of rotatable bonds is 8. The van der Waals surface area contributed by atoms with Crippen molar-refractivity contribution < 1.29 is 9.53 Å². The first kappa shape index (κ1) is 21.8. The van der Waals surface area contributed by atoms with E-state index < -0.39 is 5.91 Å². The van der Waals surface area contributed by atoms with Crippen LogP contribution in [-0.4, -0.2) is 28.8 Å². The first-order chi connectivity index (χ1) is 15.1. The molecule has 0 aliphatic heterocycles. The number of likely N-dealkylation sites (N-methyl/N-ethyl adjacent to an activating group) is 1. The number of nitrogens with one attached hydrogen (secondary N) is 1. The number of hydrogen-bond donors (Lipinski definition) is 1. The average Bonchev–Trinajstić information content (AvgIpc) is 3.21. The molecule has 0 fully saturated rings. The van der Waals surface area contributed by atoms with Crippen molar-refractivity contribution >= 4 is 12.0 Å². The Bertz CT molecular complexity index is 1120. The molecule has 1 N–H and O–H groups in total. The number of aromatic nitrogens is 2. The van der Waals surface area contributed by atoms with Crippen molar-refractivity contribution in [3.8, 4) is 28.8 Å². The summed E-state index contributed by atoms with van der Waals surface area (Å²) >= 11 is 0. The molecule has 1 aromatic heterocycles. The highest BCUT2D eigenvalue weighted by molar-refractivity contribution is 6.02. The standard InChI is InChI=1S/C25H26N4O2/c1-4-13-31-23-12-11-19(14-18(23)3)24-21(15-20(16-26)25(30)27-5-2)17-29(28-24)22-9-7-6-8-10-22/h6-12,14-15,17H,4-5,13H2,1-3H3,(H,27,30)/b20-15+. The van der Waals surface area contributed by atoms with Crippen molar-refractivity contribution in [2.24, 2.45) is 0 Å². The van der Waals surface area contributed by atoms with Crippen molar-refractivity contribution in [3.63, 3.8) is 0 Å². The van der Waals surface area contributed by atoms with E-state index in [0.29, 0.717) is 24.4 Å². The number of amides is 1. The van der Waals surface area contributed by atoms with E-state index in [1.54, 1.807) is 10.8 Å². The molecule has 2 aromatic carbocycles. The van der Waals surface area contributed by atoms with Gasteiger partial charge in [-0.25, -0.2) is 4.68 Å². The lowest BCUT2D eigenvalue weighted by Crippen LogP contribution is -2.23. The predicted octanol–water partition coefficient (Wildman–Crippen LogP) is 4.68. The molecule has 0 aliphatic carbocycles. The van der Waals surface area contributed by atoms with Crippen molar-refractivity contribution in [3.05, 3.63) is 71.4 Å². The Kier molecular flexibility index (Phi) is 7.23. The third kappa shape index (κ3) is 5.20. The number of carbonyl (C=O) groups is 1. The number of nitrogens with zero attached hydrogens (tertiary/aromatic N) is 3. The molecule has 0 spiro atoms. The van der Waals surface area contributed by atoms with Crippen molar-refractivity contribution in [1.29, 1.82) is 5.26 Å². The van der Waals surface area contributed by atoms with Gasteiger partial charge in [-0.1, -0.05) is 25.1 Å². The number of carbonyl (C=O) groups excluding carboxylic acids is 1. The van der Waals surface area contributed by atoms with Gasteiger partial charge in [0.15, 0.2) is 0 Å². The summed E-state index contributed by atoms with van der Waals surface area (Å²) in [7, 11) is 0. The summed E-state index contributed by atoms with van der Waals surface area (Å²) < 4.78 is 7.54. The number of ether oxygens (including phenoxy) is 1. The molecule has 6 nitrogen and oxygen atoms in total. The molecular formula is C25H26N4O2. The van der Waals surface area contributed by atoms with E-state index in [1.165, 1.54) is 0 Å². The quantitative estimate of drug-likeness (QED) is 0.429. The average molecular weight is 415 g/mol. The normalized spacial score (nSPS) is 11.1. The number of hydrogen-bond acceptors (Lipinski definition) is 4. The van der Waals surface area contributed by atoms with Crippen LogP contribution in [0, 0.1) is 18.3 Å². The largest absolute Gasteiger partial charge is 0.493 e. The maximum Gasteiger partial charge on any atom is 0.261 e. The van der Waals surface area contributed by atoms with Crippen LogP contribution in [0.5, 0.6) is 5.75 Å². The fourth-order valence-corrected chi connectivity index (χ4v) is 3.16. The van der Waals surface area contributed by atoms with Gasteiger partial charge in [-0.2, -0.15) is 10.4 Å². The molecule has 3 rings (SSSR count). The Hall–Kier alpha value is -3.85. The van der Waals surface area contributed by atoms with Crippen LogP contribution in [0.25, 0.3) is 23.0 Å². The highest BCUT2D eigenvalue weighted by atomic mass is 16.5. The van der Waals surface area contributed by atoms with E-state index in [2.05, 4.69) is 12.2 Å². The fourth-order valence-electron chi connectivity index (χ4n) is 3.16. The molecule has 6 heteroatoms.